The van der Waals surface area contributed by atoms with Crippen molar-refractivity contribution in [3.05, 3.63) is 20.8 Å². The first-order valence-electron chi connectivity index (χ1n) is 5.43. The van der Waals surface area contributed by atoms with E-state index in [2.05, 4.69) is 29.8 Å². The first-order chi connectivity index (χ1) is 6.97. The zero-order chi connectivity index (χ0) is 11.1. The van der Waals surface area contributed by atoms with Crippen molar-refractivity contribution in [1.82, 2.24) is 0 Å². The summed E-state index contributed by atoms with van der Waals surface area (Å²) in [4.78, 5) is 1.10. The summed E-state index contributed by atoms with van der Waals surface area (Å²) < 4.78 is 1.06. The summed E-state index contributed by atoms with van der Waals surface area (Å²) in [6, 6.07) is 2.03. The lowest BCUT2D eigenvalue weighted by atomic mass is 9.65. The molecule has 1 aliphatic carbocycles. The summed E-state index contributed by atoms with van der Waals surface area (Å²) in [7, 11) is 0. The largest absolute Gasteiger partial charge is 0.384 e. The maximum Gasteiger partial charge on any atom is 0.105 e. The molecule has 1 saturated carbocycles. The van der Waals surface area contributed by atoms with Gasteiger partial charge in [0.2, 0.25) is 0 Å². The van der Waals surface area contributed by atoms with Gasteiger partial charge in [-0.1, -0.05) is 26.7 Å². The number of halogens is 1. The average Bonchev–Trinajstić information content (AvgIpc) is 2.57. The standard InChI is InChI=1S/C12H17BrOS/c1-11(2)6-3-4-7-12(11,14)10-9(13)5-8-15-10/h5,8,14H,3-4,6-7H2,1-2H3. The quantitative estimate of drug-likeness (QED) is 0.817. The molecule has 1 fully saturated rings. The Hall–Kier alpha value is 0.140. The third kappa shape index (κ3) is 1.79. The van der Waals surface area contributed by atoms with Crippen molar-refractivity contribution in [3.8, 4) is 0 Å². The van der Waals surface area contributed by atoms with Crippen LogP contribution in [0.5, 0.6) is 0 Å². The number of hydrogen-bond donors (Lipinski definition) is 1. The van der Waals surface area contributed by atoms with Crippen molar-refractivity contribution in [1.29, 1.82) is 0 Å². The Kier molecular flexibility index (Phi) is 2.99. The molecule has 0 radical (unpaired) electrons. The van der Waals surface area contributed by atoms with Crippen LogP contribution >= 0.6 is 27.3 Å². The molecule has 1 nitrogen and oxygen atoms in total. The van der Waals surface area contributed by atoms with E-state index in [0.717, 1.165) is 28.6 Å². The molecule has 1 aliphatic rings. The topological polar surface area (TPSA) is 20.2 Å². The van der Waals surface area contributed by atoms with Crippen LogP contribution in [0.25, 0.3) is 0 Å². The van der Waals surface area contributed by atoms with Gasteiger partial charge in [-0.05, 0) is 45.6 Å². The molecule has 84 valence electrons. The zero-order valence-corrected chi connectivity index (χ0v) is 11.6. The summed E-state index contributed by atoms with van der Waals surface area (Å²) in [5.74, 6) is 0. The van der Waals surface area contributed by atoms with Crippen LogP contribution in [-0.4, -0.2) is 5.11 Å². The predicted molar refractivity (Wildman–Crippen MR) is 68.2 cm³/mol. The smallest absolute Gasteiger partial charge is 0.105 e. The van der Waals surface area contributed by atoms with Gasteiger partial charge in [-0.25, -0.2) is 0 Å². The molecular weight excluding hydrogens is 272 g/mol. The highest BCUT2D eigenvalue weighted by molar-refractivity contribution is 9.10. The van der Waals surface area contributed by atoms with Crippen LogP contribution < -0.4 is 0 Å². The molecule has 1 aromatic heterocycles. The van der Waals surface area contributed by atoms with Crippen LogP contribution in [-0.2, 0) is 5.60 Å². The van der Waals surface area contributed by atoms with Gasteiger partial charge in [0.1, 0.15) is 5.60 Å². The normalized spacial score (nSPS) is 30.4. The van der Waals surface area contributed by atoms with Crippen LogP contribution in [0, 0.1) is 5.41 Å². The molecule has 3 heteroatoms. The van der Waals surface area contributed by atoms with E-state index < -0.39 is 5.60 Å². The highest BCUT2D eigenvalue weighted by Crippen LogP contribution is 2.53. The van der Waals surface area contributed by atoms with Gasteiger partial charge in [-0.3, -0.25) is 0 Å². The van der Waals surface area contributed by atoms with Gasteiger partial charge >= 0.3 is 0 Å². The second-order valence-electron chi connectivity index (χ2n) is 5.05. The molecule has 1 heterocycles. The fraction of sp³-hybridized carbons (Fsp3) is 0.667. The van der Waals surface area contributed by atoms with Gasteiger partial charge in [0.05, 0.1) is 4.88 Å². The summed E-state index contributed by atoms with van der Waals surface area (Å²) in [5, 5.41) is 13.0. The molecule has 15 heavy (non-hydrogen) atoms. The minimum atomic E-state index is -0.641. The van der Waals surface area contributed by atoms with E-state index in [1.807, 2.05) is 11.4 Å². The van der Waals surface area contributed by atoms with Crippen molar-refractivity contribution in [3.63, 3.8) is 0 Å². The van der Waals surface area contributed by atoms with Gasteiger partial charge in [0, 0.05) is 4.47 Å². The number of hydrogen-bond acceptors (Lipinski definition) is 2. The van der Waals surface area contributed by atoms with E-state index >= 15 is 0 Å². The second-order valence-corrected chi connectivity index (χ2v) is 6.82. The van der Waals surface area contributed by atoms with Crippen molar-refractivity contribution in [2.24, 2.45) is 5.41 Å². The van der Waals surface area contributed by atoms with Crippen molar-refractivity contribution < 1.29 is 5.11 Å². The lowest BCUT2D eigenvalue weighted by molar-refractivity contribution is -0.101. The first kappa shape index (κ1) is 11.6. The Morgan fingerprint density at radius 1 is 1.33 bits per heavy atom. The predicted octanol–water partition coefficient (Wildman–Crippen LogP) is 4.30. The van der Waals surface area contributed by atoms with Crippen molar-refractivity contribution >= 4 is 27.3 Å². The summed E-state index contributed by atoms with van der Waals surface area (Å²) >= 11 is 5.20. The molecule has 1 N–H and O–H groups in total. The van der Waals surface area contributed by atoms with E-state index in [0.29, 0.717) is 0 Å². The van der Waals surface area contributed by atoms with Crippen LogP contribution in [0.1, 0.15) is 44.4 Å². The zero-order valence-electron chi connectivity index (χ0n) is 9.22. The lowest BCUT2D eigenvalue weighted by Gasteiger charge is -2.46. The second kappa shape index (κ2) is 3.86. The number of rotatable bonds is 1. The molecule has 1 atom stereocenters. The fourth-order valence-electron chi connectivity index (χ4n) is 2.50. The Morgan fingerprint density at radius 3 is 2.53 bits per heavy atom. The van der Waals surface area contributed by atoms with Crippen molar-refractivity contribution in [2.45, 2.75) is 45.1 Å². The lowest BCUT2D eigenvalue weighted by Crippen LogP contribution is -2.44. The van der Waals surface area contributed by atoms with Gasteiger partial charge in [0.15, 0.2) is 0 Å². The molecule has 1 aromatic rings. The summed E-state index contributed by atoms with van der Waals surface area (Å²) in [5.41, 5.74) is -0.656. The Labute approximate surface area is 104 Å². The Morgan fingerprint density at radius 2 is 2.00 bits per heavy atom. The van der Waals surface area contributed by atoms with Crippen LogP contribution in [0.4, 0.5) is 0 Å². The number of aliphatic hydroxyl groups is 1. The molecule has 0 bridgehead atoms. The minimum absolute atomic E-state index is 0.0153. The molecule has 0 aliphatic heterocycles. The molecule has 0 aromatic carbocycles. The average molecular weight is 289 g/mol. The maximum absolute atomic E-state index is 10.9. The van der Waals surface area contributed by atoms with Gasteiger partial charge in [0.25, 0.3) is 0 Å². The maximum atomic E-state index is 10.9. The highest BCUT2D eigenvalue weighted by atomic mass is 79.9. The fourth-order valence-corrected chi connectivity index (χ4v) is 4.51. The number of thiophene rings is 1. The minimum Gasteiger partial charge on any atom is -0.384 e. The van der Waals surface area contributed by atoms with E-state index in [9.17, 15) is 5.11 Å². The molecule has 0 saturated heterocycles. The molecule has 0 spiro atoms. The summed E-state index contributed by atoms with van der Waals surface area (Å²) in [6.45, 7) is 4.36. The van der Waals surface area contributed by atoms with E-state index in [1.54, 1.807) is 11.3 Å². The first-order valence-corrected chi connectivity index (χ1v) is 7.10. The molecule has 1 unspecified atom stereocenters. The van der Waals surface area contributed by atoms with Gasteiger partial charge in [-0.15, -0.1) is 11.3 Å². The van der Waals surface area contributed by atoms with Crippen LogP contribution in [0.3, 0.4) is 0 Å². The van der Waals surface area contributed by atoms with E-state index in [4.69, 9.17) is 0 Å². The molecule has 2 rings (SSSR count). The SMILES string of the molecule is CC1(C)CCCCC1(O)c1sccc1Br. The van der Waals surface area contributed by atoms with Crippen LogP contribution in [0.2, 0.25) is 0 Å². The third-order valence-electron chi connectivity index (χ3n) is 3.70. The monoisotopic (exact) mass is 288 g/mol. The molecule has 0 amide bonds. The summed E-state index contributed by atoms with van der Waals surface area (Å²) in [6.07, 6.45) is 4.36. The van der Waals surface area contributed by atoms with Crippen LogP contribution in [0.15, 0.2) is 15.9 Å². The Balaban J connectivity index is 2.44. The highest BCUT2D eigenvalue weighted by Gasteiger charge is 2.47. The van der Waals surface area contributed by atoms with Gasteiger partial charge < -0.3 is 5.11 Å². The third-order valence-corrected chi connectivity index (χ3v) is 5.69. The van der Waals surface area contributed by atoms with E-state index in [1.165, 1.54) is 6.42 Å². The van der Waals surface area contributed by atoms with Gasteiger partial charge in [-0.2, -0.15) is 0 Å². The molecular formula is C12H17BrOS. The van der Waals surface area contributed by atoms with Crippen molar-refractivity contribution in [2.75, 3.05) is 0 Å². The Bertz CT molecular complexity index is 358. The van der Waals surface area contributed by atoms with E-state index in [-0.39, 0.29) is 5.41 Å².